The summed E-state index contributed by atoms with van der Waals surface area (Å²) in [4.78, 5) is 30.5. The minimum atomic E-state index is -0.167. The molecule has 0 saturated heterocycles. The standard InChI is InChI=1S/C30H36N2O5/c1-20(2)32(29(34)23-9-11-24(12-10-23)30(4,5)6)18-28(33)31(17-25-13-7-21(3)37-25)16-22-8-14-26-27(15-22)36-19-35-26/h7-15,20H,16-19H2,1-6H3. The number of aryl methyl sites for hydroxylation is 1. The van der Waals surface area contributed by atoms with E-state index in [0.29, 0.717) is 35.9 Å². The van der Waals surface area contributed by atoms with Crippen molar-refractivity contribution in [3.8, 4) is 11.5 Å². The lowest BCUT2D eigenvalue weighted by Crippen LogP contribution is -2.45. The van der Waals surface area contributed by atoms with Crippen molar-refractivity contribution in [2.75, 3.05) is 13.3 Å². The van der Waals surface area contributed by atoms with Crippen LogP contribution in [0, 0.1) is 6.92 Å². The van der Waals surface area contributed by atoms with Gasteiger partial charge in [0.1, 0.15) is 18.1 Å². The van der Waals surface area contributed by atoms with Gasteiger partial charge in [-0.2, -0.15) is 0 Å². The van der Waals surface area contributed by atoms with Gasteiger partial charge in [0, 0.05) is 18.2 Å². The van der Waals surface area contributed by atoms with E-state index in [2.05, 4.69) is 20.8 Å². The van der Waals surface area contributed by atoms with E-state index in [0.717, 1.165) is 16.9 Å². The first kappa shape index (κ1) is 26.3. The first-order valence-corrected chi connectivity index (χ1v) is 12.6. The molecule has 0 spiro atoms. The van der Waals surface area contributed by atoms with Crippen LogP contribution in [0.2, 0.25) is 0 Å². The van der Waals surface area contributed by atoms with Crippen molar-refractivity contribution in [2.45, 2.75) is 66.1 Å². The molecule has 2 heterocycles. The Labute approximate surface area is 219 Å². The van der Waals surface area contributed by atoms with Gasteiger partial charge in [-0.1, -0.05) is 39.0 Å². The zero-order valence-corrected chi connectivity index (χ0v) is 22.5. The molecule has 0 radical (unpaired) electrons. The van der Waals surface area contributed by atoms with Gasteiger partial charge in [0.05, 0.1) is 6.54 Å². The number of benzene rings is 2. The molecule has 4 rings (SSSR count). The molecule has 1 aliphatic rings. The highest BCUT2D eigenvalue weighted by Gasteiger charge is 2.26. The molecule has 37 heavy (non-hydrogen) atoms. The number of amides is 2. The van der Waals surface area contributed by atoms with Gasteiger partial charge in [-0.15, -0.1) is 0 Å². The molecule has 7 heteroatoms. The van der Waals surface area contributed by atoms with Crippen LogP contribution in [0.3, 0.4) is 0 Å². The lowest BCUT2D eigenvalue weighted by Gasteiger charge is -2.30. The highest BCUT2D eigenvalue weighted by atomic mass is 16.7. The average Bonchev–Trinajstić information content (AvgIpc) is 3.49. The minimum Gasteiger partial charge on any atom is -0.464 e. The van der Waals surface area contributed by atoms with Gasteiger partial charge in [0.25, 0.3) is 5.91 Å². The number of nitrogens with zero attached hydrogens (tertiary/aromatic N) is 2. The fourth-order valence-corrected chi connectivity index (χ4v) is 4.26. The molecule has 0 saturated carbocycles. The summed E-state index contributed by atoms with van der Waals surface area (Å²) in [6, 6.07) is 16.9. The van der Waals surface area contributed by atoms with Crippen LogP contribution in [0.25, 0.3) is 0 Å². The first-order valence-electron chi connectivity index (χ1n) is 12.6. The highest BCUT2D eigenvalue weighted by molar-refractivity contribution is 5.96. The molecule has 2 aromatic carbocycles. The van der Waals surface area contributed by atoms with Crippen molar-refractivity contribution in [3.05, 3.63) is 82.8 Å². The van der Waals surface area contributed by atoms with Crippen molar-refractivity contribution in [3.63, 3.8) is 0 Å². The highest BCUT2D eigenvalue weighted by Crippen LogP contribution is 2.33. The van der Waals surface area contributed by atoms with Crippen molar-refractivity contribution in [1.82, 2.24) is 9.80 Å². The van der Waals surface area contributed by atoms with Gasteiger partial charge in [-0.25, -0.2) is 0 Å². The van der Waals surface area contributed by atoms with Crippen molar-refractivity contribution < 1.29 is 23.5 Å². The number of carbonyl (C=O) groups is 2. The van der Waals surface area contributed by atoms with Crippen LogP contribution in [0.1, 0.15) is 67.6 Å². The van der Waals surface area contributed by atoms with Gasteiger partial charge in [0.2, 0.25) is 12.7 Å². The van der Waals surface area contributed by atoms with Crippen LogP contribution in [-0.2, 0) is 23.3 Å². The van der Waals surface area contributed by atoms with Crippen molar-refractivity contribution in [2.24, 2.45) is 0 Å². The zero-order valence-electron chi connectivity index (χ0n) is 22.5. The Kier molecular flexibility index (Phi) is 7.62. The lowest BCUT2D eigenvalue weighted by atomic mass is 9.86. The second-order valence-electron chi connectivity index (χ2n) is 10.8. The molecule has 1 aliphatic heterocycles. The minimum absolute atomic E-state index is 0.00525. The van der Waals surface area contributed by atoms with E-state index in [1.54, 1.807) is 9.80 Å². The number of furan rings is 1. The maximum Gasteiger partial charge on any atom is 0.254 e. The van der Waals surface area contributed by atoms with Gasteiger partial charge < -0.3 is 23.7 Å². The Bertz CT molecular complexity index is 1250. The molecule has 0 bridgehead atoms. The Balaban J connectivity index is 1.54. The molecule has 1 aromatic heterocycles. The van der Waals surface area contributed by atoms with E-state index in [-0.39, 0.29) is 36.6 Å². The Hall–Kier alpha value is -3.74. The number of hydrogen-bond donors (Lipinski definition) is 0. The predicted molar refractivity (Wildman–Crippen MR) is 142 cm³/mol. The Morgan fingerprint density at radius 3 is 2.24 bits per heavy atom. The summed E-state index contributed by atoms with van der Waals surface area (Å²) in [6.07, 6.45) is 0. The fraction of sp³-hybridized carbons (Fsp3) is 0.400. The summed E-state index contributed by atoms with van der Waals surface area (Å²) in [5, 5.41) is 0. The summed E-state index contributed by atoms with van der Waals surface area (Å²) < 4.78 is 16.7. The summed E-state index contributed by atoms with van der Waals surface area (Å²) in [5.41, 5.74) is 2.62. The maximum absolute atomic E-state index is 13.7. The van der Waals surface area contributed by atoms with Crippen LogP contribution in [0.4, 0.5) is 0 Å². The smallest absolute Gasteiger partial charge is 0.254 e. The Morgan fingerprint density at radius 2 is 1.62 bits per heavy atom. The molecular formula is C30H36N2O5. The van der Waals surface area contributed by atoms with Gasteiger partial charge >= 0.3 is 0 Å². The average molecular weight is 505 g/mol. The third-order valence-corrected chi connectivity index (χ3v) is 6.49. The summed E-state index contributed by atoms with van der Waals surface area (Å²) >= 11 is 0. The number of ether oxygens (including phenoxy) is 2. The Morgan fingerprint density at radius 1 is 0.919 bits per heavy atom. The molecule has 7 nitrogen and oxygen atoms in total. The van der Waals surface area contributed by atoms with Crippen LogP contribution >= 0.6 is 0 Å². The number of rotatable bonds is 8. The van der Waals surface area contributed by atoms with Gasteiger partial charge in [-0.05, 0) is 73.7 Å². The fourth-order valence-electron chi connectivity index (χ4n) is 4.26. The largest absolute Gasteiger partial charge is 0.464 e. The van der Waals surface area contributed by atoms with Crippen LogP contribution in [-0.4, -0.2) is 41.0 Å². The molecule has 0 unspecified atom stereocenters. The van der Waals surface area contributed by atoms with Crippen molar-refractivity contribution in [1.29, 1.82) is 0 Å². The molecule has 0 fully saturated rings. The normalized spacial score (nSPS) is 12.6. The van der Waals surface area contributed by atoms with E-state index < -0.39 is 0 Å². The molecule has 0 N–H and O–H groups in total. The van der Waals surface area contributed by atoms with Crippen molar-refractivity contribution >= 4 is 11.8 Å². The second-order valence-corrected chi connectivity index (χ2v) is 10.8. The molecule has 0 atom stereocenters. The van der Waals surface area contributed by atoms with E-state index >= 15 is 0 Å². The third-order valence-electron chi connectivity index (χ3n) is 6.49. The van der Waals surface area contributed by atoms with E-state index in [4.69, 9.17) is 13.9 Å². The molecule has 2 amide bonds. The topological polar surface area (TPSA) is 72.2 Å². The van der Waals surface area contributed by atoms with E-state index in [1.807, 2.05) is 75.4 Å². The number of fused-ring (bicyclic) bond motifs is 1. The number of carbonyl (C=O) groups excluding carboxylic acids is 2. The second kappa shape index (κ2) is 10.7. The van der Waals surface area contributed by atoms with E-state index in [1.165, 1.54) is 0 Å². The third kappa shape index (κ3) is 6.34. The summed E-state index contributed by atoms with van der Waals surface area (Å²) in [6.45, 7) is 12.9. The quantitative estimate of drug-likeness (QED) is 0.394. The van der Waals surface area contributed by atoms with Gasteiger partial charge in [-0.3, -0.25) is 9.59 Å². The lowest BCUT2D eigenvalue weighted by molar-refractivity contribution is -0.133. The summed E-state index contributed by atoms with van der Waals surface area (Å²) in [7, 11) is 0. The van der Waals surface area contributed by atoms with E-state index in [9.17, 15) is 9.59 Å². The maximum atomic E-state index is 13.7. The molecular weight excluding hydrogens is 468 g/mol. The van der Waals surface area contributed by atoms with Crippen LogP contribution in [0.15, 0.2) is 59.0 Å². The number of hydrogen-bond acceptors (Lipinski definition) is 5. The predicted octanol–water partition coefficient (Wildman–Crippen LogP) is 5.69. The van der Waals surface area contributed by atoms with Gasteiger partial charge in [0.15, 0.2) is 11.5 Å². The zero-order chi connectivity index (χ0) is 26.7. The molecule has 196 valence electrons. The molecule has 0 aliphatic carbocycles. The van der Waals surface area contributed by atoms with Crippen LogP contribution in [0.5, 0.6) is 11.5 Å². The first-order chi connectivity index (χ1) is 17.5. The van der Waals surface area contributed by atoms with Crippen LogP contribution < -0.4 is 9.47 Å². The molecule has 3 aromatic rings. The monoisotopic (exact) mass is 504 g/mol. The summed E-state index contributed by atoms with van der Waals surface area (Å²) in [5.74, 6) is 2.49. The SMILES string of the molecule is Cc1ccc(CN(Cc2ccc3c(c2)OCO3)C(=O)CN(C(=O)c2ccc(C(C)(C)C)cc2)C(C)C)o1.